The van der Waals surface area contributed by atoms with Crippen molar-refractivity contribution in [2.45, 2.75) is 6.42 Å². The molecule has 1 aromatic carbocycles. The van der Waals surface area contributed by atoms with E-state index in [0.29, 0.717) is 39.1 Å². The highest BCUT2D eigenvalue weighted by Gasteiger charge is 2.19. The SMILES string of the molecule is CN(C)c1ccc(NCCC(=O)N2CCN(C=O)CC2)cc1. The lowest BCUT2D eigenvalue weighted by atomic mass is 10.2. The molecule has 1 fully saturated rings. The number of hydrogen-bond acceptors (Lipinski definition) is 4. The normalized spacial score (nSPS) is 14.6. The number of carbonyl (C=O) groups is 2. The van der Waals surface area contributed by atoms with Crippen molar-refractivity contribution in [2.24, 2.45) is 0 Å². The fraction of sp³-hybridized carbons (Fsp3) is 0.500. The second-order valence-electron chi connectivity index (χ2n) is 5.64. The standard InChI is InChI=1S/C16H24N4O2/c1-18(2)15-5-3-14(4-6-15)17-8-7-16(22)20-11-9-19(13-21)10-12-20/h3-6,13,17H,7-12H2,1-2H3. The third-order valence-corrected chi connectivity index (χ3v) is 3.87. The van der Waals surface area contributed by atoms with E-state index in [1.807, 2.05) is 48.2 Å². The Kier molecular flexibility index (Phi) is 5.63. The lowest BCUT2D eigenvalue weighted by Gasteiger charge is -2.32. The summed E-state index contributed by atoms with van der Waals surface area (Å²) in [5, 5.41) is 3.27. The van der Waals surface area contributed by atoms with Crippen molar-refractivity contribution in [3.63, 3.8) is 0 Å². The molecule has 0 unspecified atom stereocenters. The Hall–Kier alpha value is -2.24. The largest absolute Gasteiger partial charge is 0.385 e. The average Bonchev–Trinajstić information content (AvgIpc) is 2.55. The fourth-order valence-corrected chi connectivity index (χ4v) is 2.43. The van der Waals surface area contributed by atoms with Crippen LogP contribution in [-0.4, -0.2) is 68.9 Å². The van der Waals surface area contributed by atoms with Crippen molar-refractivity contribution in [3.8, 4) is 0 Å². The van der Waals surface area contributed by atoms with Gasteiger partial charge >= 0.3 is 0 Å². The molecule has 2 rings (SSSR count). The first-order valence-corrected chi connectivity index (χ1v) is 7.58. The molecule has 1 aliphatic heterocycles. The summed E-state index contributed by atoms with van der Waals surface area (Å²) in [6, 6.07) is 8.12. The second kappa shape index (κ2) is 7.68. The van der Waals surface area contributed by atoms with Crippen molar-refractivity contribution in [3.05, 3.63) is 24.3 Å². The average molecular weight is 304 g/mol. The van der Waals surface area contributed by atoms with Gasteiger partial charge in [-0.15, -0.1) is 0 Å². The molecule has 1 heterocycles. The molecular weight excluding hydrogens is 280 g/mol. The van der Waals surface area contributed by atoms with E-state index in [-0.39, 0.29) is 5.91 Å². The fourth-order valence-electron chi connectivity index (χ4n) is 2.43. The smallest absolute Gasteiger partial charge is 0.224 e. The minimum Gasteiger partial charge on any atom is -0.385 e. The molecule has 0 aliphatic carbocycles. The van der Waals surface area contributed by atoms with Crippen molar-refractivity contribution < 1.29 is 9.59 Å². The van der Waals surface area contributed by atoms with Crippen LogP contribution in [0.3, 0.4) is 0 Å². The van der Waals surface area contributed by atoms with Crippen LogP contribution in [0.4, 0.5) is 11.4 Å². The number of hydrogen-bond donors (Lipinski definition) is 1. The zero-order valence-corrected chi connectivity index (χ0v) is 13.3. The summed E-state index contributed by atoms with van der Waals surface area (Å²) >= 11 is 0. The van der Waals surface area contributed by atoms with Gasteiger partial charge in [-0.05, 0) is 24.3 Å². The monoisotopic (exact) mass is 304 g/mol. The van der Waals surface area contributed by atoms with E-state index in [1.54, 1.807) is 4.90 Å². The number of anilines is 2. The molecule has 120 valence electrons. The van der Waals surface area contributed by atoms with Gasteiger partial charge < -0.3 is 20.0 Å². The van der Waals surface area contributed by atoms with Crippen LogP contribution in [0.1, 0.15) is 6.42 Å². The van der Waals surface area contributed by atoms with Crippen LogP contribution in [0, 0.1) is 0 Å². The van der Waals surface area contributed by atoms with E-state index in [0.717, 1.165) is 17.8 Å². The Bertz CT molecular complexity index is 493. The summed E-state index contributed by atoms with van der Waals surface area (Å²) in [5.41, 5.74) is 2.17. The maximum Gasteiger partial charge on any atom is 0.224 e. The maximum atomic E-state index is 12.1. The Morgan fingerprint density at radius 3 is 2.36 bits per heavy atom. The Morgan fingerprint density at radius 1 is 1.18 bits per heavy atom. The highest BCUT2D eigenvalue weighted by atomic mass is 16.2. The lowest BCUT2D eigenvalue weighted by molar-refractivity contribution is -0.134. The van der Waals surface area contributed by atoms with Crippen molar-refractivity contribution in [2.75, 3.05) is 57.0 Å². The first-order chi connectivity index (χ1) is 10.6. The molecule has 0 bridgehead atoms. The number of piperazine rings is 1. The summed E-state index contributed by atoms with van der Waals surface area (Å²) in [4.78, 5) is 28.3. The molecule has 22 heavy (non-hydrogen) atoms. The Morgan fingerprint density at radius 2 is 1.82 bits per heavy atom. The van der Waals surface area contributed by atoms with Crippen molar-refractivity contribution >= 4 is 23.7 Å². The zero-order chi connectivity index (χ0) is 15.9. The summed E-state index contributed by atoms with van der Waals surface area (Å²) < 4.78 is 0. The van der Waals surface area contributed by atoms with E-state index in [1.165, 1.54) is 0 Å². The first kappa shape index (κ1) is 16.1. The molecule has 0 spiro atoms. The Labute approximate surface area is 131 Å². The Balaban J connectivity index is 1.72. The van der Waals surface area contributed by atoms with Gasteiger partial charge in [0, 0.05) is 64.6 Å². The maximum absolute atomic E-state index is 12.1. The van der Waals surface area contributed by atoms with Gasteiger partial charge in [0.15, 0.2) is 0 Å². The number of nitrogens with zero attached hydrogens (tertiary/aromatic N) is 3. The molecule has 1 saturated heterocycles. The topological polar surface area (TPSA) is 55.9 Å². The van der Waals surface area contributed by atoms with E-state index < -0.39 is 0 Å². The van der Waals surface area contributed by atoms with Crippen LogP contribution in [0.25, 0.3) is 0 Å². The predicted molar refractivity (Wildman–Crippen MR) is 88.1 cm³/mol. The number of nitrogens with one attached hydrogen (secondary N) is 1. The lowest BCUT2D eigenvalue weighted by Crippen LogP contribution is -2.48. The van der Waals surface area contributed by atoms with Crippen LogP contribution in [0.5, 0.6) is 0 Å². The van der Waals surface area contributed by atoms with Crippen LogP contribution < -0.4 is 10.2 Å². The van der Waals surface area contributed by atoms with E-state index in [9.17, 15) is 9.59 Å². The molecule has 1 N–H and O–H groups in total. The van der Waals surface area contributed by atoms with Crippen LogP contribution in [0.15, 0.2) is 24.3 Å². The van der Waals surface area contributed by atoms with Gasteiger partial charge in [0.2, 0.25) is 12.3 Å². The molecular formula is C16H24N4O2. The second-order valence-corrected chi connectivity index (χ2v) is 5.64. The van der Waals surface area contributed by atoms with Gasteiger partial charge in [-0.25, -0.2) is 0 Å². The van der Waals surface area contributed by atoms with Crippen molar-refractivity contribution in [1.29, 1.82) is 0 Å². The van der Waals surface area contributed by atoms with Gasteiger partial charge in [0.05, 0.1) is 0 Å². The molecule has 2 amide bonds. The summed E-state index contributed by atoms with van der Waals surface area (Å²) in [6.07, 6.45) is 1.32. The van der Waals surface area contributed by atoms with E-state index >= 15 is 0 Å². The van der Waals surface area contributed by atoms with Crippen LogP contribution in [0.2, 0.25) is 0 Å². The van der Waals surface area contributed by atoms with E-state index in [4.69, 9.17) is 0 Å². The van der Waals surface area contributed by atoms with Gasteiger partial charge in [-0.1, -0.05) is 0 Å². The van der Waals surface area contributed by atoms with Gasteiger partial charge in [-0.2, -0.15) is 0 Å². The van der Waals surface area contributed by atoms with Crippen LogP contribution in [-0.2, 0) is 9.59 Å². The minimum absolute atomic E-state index is 0.142. The highest BCUT2D eigenvalue weighted by Crippen LogP contribution is 2.15. The number of benzene rings is 1. The molecule has 0 aromatic heterocycles. The number of rotatable bonds is 6. The van der Waals surface area contributed by atoms with Gasteiger partial charge in [-0.3, -0.25) is 9.59 Å². The quantitative estimate of drug-likeness (QED) is 0.792. The summed E-state index contributed by atoms with van der Waals surface area (Å²) in [7, 11) is 4.01. The summed E-state index contributed by atoms with van der Waals surface area (Å²) in [6.45, 7) is 3.15. The highest BCUT2D eigenvalue weighted by molar-refractivity contribution is 5.77. The molecule has 6 nitrogen and oxygen atoms in total. The van der Waals surface area contributed by atoms with Gasteiger partial charge in [0.25, 0.3) is 0 Å². The van der Waals surface area contributed by atoms with Crippen molar-refractivity contribution in [1.82, 2.24) is 9.80 Å². The first-order valence-electron chi connectivity index (χ1n) is 7.58. The zero-order valence-electron chi connectivity index (χ0n) is 13.3. The third kappa shape index (κ3) is 4.38. The molecule has 0 saturated carbocycles. The molecule has 0 atom stereocenters. The number of carbonyl (C=O) groups excluding carboxylic acids is 2. The van der Waals surface area contributed by atoms with Gasteiger partial charge in [0.1, 0.15) is 0 Å². The predicted octanol–water partition coefficient (Wildman–Crippen LogP) is 0.855. The molecule has 1 aromatic rings. The summed E-state index contributed by atoms with van der Waals surface area (Å²) in [5.74, 6) is 0.142. The van der Waals surface area contributed by atoms with Crippen LogP contribution >= 0.6 is 0 Å². The molecule has 1 aliphatic rings. The third-order valence-electron chi connectivity index (χ3n) is 3.87. The number of amides is 2. The van der Waals surface area contributed by atoms with E-state index in [2.05, 4.69) is 5.32 Å². The molecule has 6 heteroatoms. The minimum atomic E-state index is 0.142. The molecule has 0 radical (unpaired) electrons.